The largest absolute Gasteiger partial charge is 0.454 e. The fourth-order valence-corrected chi connectivity index (χ4v) is 5.49. The highest BCUT2D eigenvalue weighted by molar-refractivity contribution is 6.30. The van der Waals surface area contributed by atoms with E-state index in [0.717, 1.165) is 19.3 Å². The van der Waals surface area contributed by atoms with Crippen molar-refractivity contribution in [3.05, 3.63) is 64.7 Å². The van der Waals surface area contributed by atoms with Gasteiger partial charge in [-0.1, -0.05) is 17.7 Å². The van der Waals surface area contributed by atoms with E-state index in [-0.39, 0.29) is 35.0 Å². The summed E-state index contributed by atoms with van der Waals surface area (Å²) >= 11 is 5.81. The Kier molecular flexibility index (Phi) is 4.89. The van der Waals surface area contributed by atoms with E-state index in [1.165, 1.54) is 17.0 Å². The average molecular weight is 438 g/mol. The third kappa shape index (κ3) is 3.35. The molecular weight excluding hydrogens is 418 g/mol. The average Bonchev–Trinajstić information content (AvgIpc) is 3.46. The van der Waals surface area contributed by atoms with Crippen LogP contribution in [0.25, 0.3) is 0 Å². The van der Waals surface area contributed by atoms with Crippen LogP contribution in [0.5, 0.6) is 0 Å². The normalized spacial score (nSPS) is 26.3. The van der Waals surface area contributed by atoms with Crippen molar-refractivity contribution in [2.45, 2.75) is 19.3 Å². The van der Waals surface area contributed by atoms with Crippen molar-refractivity contribution in [2.75, 3.05) is 11.5 Å². The second-order valence-corrected chi connectivity index (χ2v) is 8.89. The van der Waals surface area contributed by atoms with Crippen molar-refractivity contribution in [3.8, 4) is 0 Å². The summed E-state index contributed by atoms with van der Waals surface area (Å²) in [5.41, 5.74) is 0.949. The van der Waals surface area contributed by atoms with Gasteiger partial charge in [0.25, 0.3) is 0 Å². The molecule has 0 spiro atoms. The van der Waals surface area contributed by atoms with Gasteiger partial charge in [-0.2, -0.15) is 0 Å². The number of ketones is 1. The van der Waals surface area contributed by atoms with Gasteiger partial charge >= 0.3 is 5.97 Å². The number of hydrogen-bond donors (Lipinski definition) is 0. The van der Waals surface area contributed by atoms with Gasteiger partial charge in [0.2, 0.25) is 11.8 Å². The topological polar surface area (TPSA) is 80.8 Å². The molecule has 0 unspecified atom stereocenters. The number of amides is 2. The molecule has 1 aliphatic heterocycles. The zero-order chi connectivity index (χ0) is 21.7. The van der Waals surface area contributed by atoms with Crippen LogP contribution >= 0.6 is 11.6 Å². The highest BCUT2D eigenvalue weighted by Gasteiger charge is 2.61. The quantitative estimate of drug-likeness (QED) is 0.402. The molecule has 0 aromatic heterocycles. The number of carbonyl (C=O) groups excluding carboxylic acids is 4. The third-order valence-corrected chi connectivity index (χ3v) is 7.02. The Morgan fingerprint density at radius 2 is 1.58 bits per heavy atom. The molecule has 2 bridgehead atoms. The van der Waals surface area contributed by atoms with Gasteiger partial charge in [0, 0.05) is 10.6 Å². The van der Waals surface area contributed by atoms with Crippen LogP contribution in [0.15, 0.2) is 48.5 Å². The first-order valence-corrected chi connectivity index (χ1v) is 10.8. The number of carbonyl (C=O) groups is 4. The van der Waals surface area contributed by atoms with Gasteiger partial charge in [-0.05, 0) is 73.6 Å². The van der Waals surface area contributed by atoms with Gasteiger partial charge in [0.05, 0.1) is 23.1 Å². The molecule has 2 amide bonds. The van der Waals surface area contributed by atoms with Crippen LogP contribution in [-0.4, -0.2) is 30.2 Å². The number of halogens is 1. The van der Waals surface area contributed by atoms with Crippen molar-refractivity contribution in [1.82, 2.24) is 0 Å². The lowest BCUT2D eigenvalue weighted by molar-refractivity contribution is -0.123. The number of benzene rings is 2. The van der Waals surface area contributed by atoms with Gasteiger partial charge < -0.3 is 4.74 Å². The number of anilines is 1. The molecule has 0 N–H and O–H groups in total. The number of fused-ring (bicyclic) bond motifs is 5. The van der Waals surface area contributed by atoms with E-state index in [1.807, 2.05) is 0 Å². The van der Waals surface area contributed by atoms with E-state index < -0.39 is 12.6 Å². The van der Waals surface area contributed by atoms with Crippen LogP contribution in [0.2, 0.25) is 5.02 Å². The fourth-order valence-electron chi connectivity index (χ4n) is 5.37. The van der Waals surface area contributed by atoms with E-state index in [9.17, 15) is 19.2 Å². The summed E-state index contributed by atoms with van der Waals surface area (Å²) in [5.74, 6) is -1.22. The lowest BCUT2D eigenvalue weighted by Crippen LogP contribution is -2.32. The number of nitrogens with zero attached hydrogens (tertiary/aromatic N) is 1. The fraction of sp³-hybridized carbons (Fsp3) is 0.333. The van der Waals surface area contributed by atoms with Crippen molar-refractivity contribution in [3.63, 3.8) is 0 Å². The van der Waals surface area contributed by atoms with E-state index in [0.29, 0.717) is 28.1 Å². The maximum absolute atomic E-state index is 13.0. The molecule has 4 atom stereocenters. The first kappa shape index (κ1) is 19.9. The van der Waals surface area contributed by atoms with Crippen LogP contribution in [0.3, 0.4) is 0 Å². The molecule has 1 saturated heterocycles. The number of Topliss-reactive ketones (excluding diaryl/α,β-unsaturated/α-hetero) is 1. The van der Waals surface area contributed by atoms with Gasteiger partial charge in [0.1, 0.15) is 0 Å². The molecule has 31 heavy (non-hydrogen) atoms. The van der Waals surface area contributed by atoms with Gasteiger partial charge in [-0.25, -0.2) is 4.79 Å². The minimum Gasteiger partial charge on any atom is -0.454 e. The molecule has 6 nitrogen and oxygen atoms in total. The lowest BCUT2D eigenvalue weighted by atomic mass is 9.81. The Morgan fingerprint density at radius 3 is 2.23 bits per heavy atom. The van der Waals surface area contributed by atoms with Crippen LogP contribution in [0.1, 0.15) is 40.0 Å². The Labute approximate surface area is 184 Å². The number of hydrogen-bond acceptors (Lipinski definition) is 5. The van der Waals surface area contributed by atoms with Crippen molar-refractivity contribution >= 4 is 40.9 Å². The predicted molar refractivity (Wildman–Crippen MR) is 113 cm³/mol. The van der Waals surface area contributed by atoms with Crippen LogP contribution in [0.4, 0.5) is 5.69 Å². The van der Waals surface area contributed by atoms with E-state index in [4.69, 9.17) is 16.3 Å². The molecule has 2 aromatic carbocycles. The molecule has 7 heteroatoms. The minimum atomic E-state index is -0.691. The highest BCUT2D eigenvalue weighted by Crippen LogP contribution is 2.56. The maximum atomic E-state index is 13.0. The Morgan fingerprint density at radius 1 is 0.935 bits per heavy atom. The molecule has 3 aliphatic rings. The number of esters is 1. The summed E-state index contributed by atoms with van der Waals surface area (Å²) in [7, 11) is 0. The molecule has 5 rings (SSSR count). The van der Waals surface area contributed by atoms with Gasteiger partial charge in [-0.3, -0.25) is 19.3 Å². The second kappa shape index (κ2) is 7.61. The summed E-state index contributed by atoms with van der Waals surface area (Å²) in [5, 5.41) is 0.508. The molecule has 3 fully saturated rings. The third-order valence-electron chi connectivity index (χ3n) is 6.77. The maximum Gasteiger partial charge on any atom is 0.338 e. The summed E-state index contributed by atoms with van der Waals surface area (Å²) in [4.78, 5) is 51.9. The van der Waals surface area contributed by atoms with Gasteiger partial charge in [-0.15, -0.1) is 0 Å². The number of rotatable bonds is 5. The first-order chi connectivity index (χ1) is 14.9. The summed E-state index contributed by atoms with van der Waals surface area (Å²) in [6.45, 7) is -0.417. The molecule has 2 saturated carbocycles. The Bertz CT molecular complexity index is 1070. The first-order valence-electron chi connectivity index (χ1n) is 10.4. The zero-order valence-electron chi connectivity index (χ0n) is 16.6. The van der Waals surface area contributed by atoms with Gasteiger partial charge in [0.15, 0.2) is 12.4 Å². The van der Waals surface area contributed by atoms with Crippen molar-refractivity contribution < 1.29 is 23.9 Å². The standard InChI is InChI=1S/C24H20ClNO5/c25-17-8-6-13(7-9-17)19(27)12-31-24(30)16-2-1-3-18(11-16)26-22(28)20-14-4-5-15(10-14)21(20)23(26)29/h1-3,6-9,11,14-15,20-21H,4-5,10,12H2/t14-,15+,20-,21-/m0/s1. The van der Waals surface area contributed by atoms with Crippen LogP contribution in [-0.2, 0) is 14.3 Å². The predicted octanol–water partition coefficient (Wildman–Crippen LogP) is 3.92. The molecule has 1 heterocycles. The molecule has 2 aromatic rings. The van der Waals surface area contributed by atoms with Crippen molar-refractivity contribution in [1.29, 1.82) is 0 Å². The summed E-state index contributed by atoms with van der Waals surface area (Å²) < 4.78 is 5.15. The van der Waals surface area contributed by atoms with E-state index >= 15 is 0 Å². The Hall–Kier alpha value is -2.99. The monoisotopic (exact) mass is 437 g/mol. The summed E-state index contributed by atoms with van der Waals surface area (Å²) in [6.07, 6.45) is 2.98. The Balaban J connectivity index is 1.29. The molecule has 158 valence electrons. The molecular formula is C24H20ClNO5. The van der Waals surface area contributed by atoms with Crippen LogP contribution < -0.4 is 4.90 Å². The number of imide groups is 1. The molecule has 2 aliphatic carbocycles. The van der Waals surface area contributed by atoms with Crippen molar-refractivity contribution in [2.24, 2.45) is 23.7 Å². The number of ether oxygens (including phenoxy) is 1. The highest BCUT2D eigenvalue weighted by atomic mass is 35.5. The lowest BCUT2D eigenvalue weighted by Gasteiger charge is -2.19. The smallest absolute Gasteiger partial charge is 0.338 e. The second-order valence-electron chi connectivity index (χ2n) is 8.45. The molecule has 0 radical (unpaired) electrons. The SMILES string of the molecule is O=C(COC(=O)c1cccc(N2C(=O)[C@H]3[C@@H]4CC[C@@H](C4)[C@@H]3C2=O)c1)c1ccc(Cl)cc1. The van der Waals surface area contributed by atoms with E-state index in [1.54, 1.807) is 36.4 Å². The zero-order valence-corrected chi connectivity index (χ0v) is 17.4. The minimum absolute atomic E-state index is 0.161. The van der Waals surface area contributed by atoms with E-state index in [2.05, 4.69) is 0 Å². The van der Waals surface area contributed by atoms with Crippen LogP contribution in [0, 0.1) is 23.7 Å². The summed E-state index contributed by atoms with van der Waals surface area (Å²) in [6, 6.07) is 12.6.